The molecule has 7 aromatic rings. The second kappa shape index (κ2) is 18.9. The third kappa shape index (κ3) is 9.11. The Morgan fingerprint density at radius 1 is 0.483 bits per heavy atom. The Hall–Kier alpha value is -6.72. The standard InChI is InChI=1S/C50H42N4O4S2/c1-31-7-15-35(16-8-31)43-25-39(37-19-21-44(55-3)46(23-37)57-5)42(28-52)50(53-43)60-30-34-13-11-33(12-14-34)29-59-48-26-40(38-20-22-45(56-4)47(24-38)58-6)41(27-51)49(54-48)36-17-9-32(2)10-18-36/h7-26H,29-30H2,1-6H3. The maximum atomic E-state index is 10.5. The Morgan fingerprint density at radius 2 is 0.950 bits per heavy atom. The second-order valence-corrected chi connectivity index (χ2v) is 15.9. The van der Waals surface area contributed by atoms with Crippen molar-refractivity contribution < 1.29 is 18.9 Å². The van der Waals surface area contributed by atoms with E-state index in [1.54, 1.807) is 40.2 Å². The molecular weight excluding hydrogens is 785 g/mol. The molecule has 0 saturated carbocycles. The van der Waals surface area contributed by atoms with E-state index >= 15 is 0 Å². The summed E-state index contributed by atoms with van der Waals surface area (Å²) in [5.41, 5.74) is 12.0. The number of thioether (sulfide) groups is 2. The van der Waals surface area contributed by atoms with Gasteiger partial charge in [-0.3, -0.25) is 0 Å². The molecule has 0 aliphatic carbocycles. The maximum absolute atomic E-state index is 10.5. The summed E-state index contributed by atoms with van der Waals surface area (Å²) in [6, 6.07) is 45.0. The summed E-state index contributed by atoms with van der Waals surface area (Å²) in [7, 11) is 6.41. The Bertz CT molecular complexity index is 2740. The number of aryl methyl sites for hydroxylation is 2. The third-order valence-corrected chi connectivity index (χ3v) is 12.1. The molecule has 7 rings (SSSR count). The molecule has 5 aromatic carbocycles. The zero-order chi connectivity index (χ0) is 42.2. The number of pyridine rings is 2. The van der Waals surface area contributed by atoms with Gasteiger partial charge < -0.3 is 18.9 Å². The van der Waals surface area contributed by atoms with Gasteiger partial charge in [-0.1, -0.05) is 96.1 Å². The molecule has 0 fully saturated rings. The smallest absolute Gasteiger partial charge is 0.161 e. The lowest BCUT2D eigenvalue weighted by Crippen LogP contribution is -1.98. The van der Waals surface area contributed by atoms with Gasteiger partial charge in [0.15, 0.2) is 23.0 Å². The lowest BCUT2D eigenvalue weighted by molar-refractivity contribution is 0.355. The van der Waals surface area contributed by atoms with Crippen LogP contribution in [0.5, 0.6) is 23.0 Å². The normalized spacial score (nSPS) is 10.7. The van der Waals surface area contributed by atoms with E-state index in [9.17, 15) is 10.5 Å². The number of aromatic nitrogens is 2. The van der Waals surface area contributed by atoms with E-state index in [2.05, 4.69) is 67.6 Å². The fraction of sp³-hybridized carbons (Fsp3) is 0.160. The topological polar surface area (TPSA) is 110 Å². The van der Waals surface area contributed by atoms with Crippen LogP contribution in [0.3, 0.4) is 0 Å². The van der Waals surface area contributed by atoms with Crippen LogP contribution in [-0.2, 0) is 11.5 Å². The molecule has 0 radical (unpaired) electrons. The lowest BCUT2D eigenvalue weighted by atomic mass is 9.96. The van der Waals surface area contributed by atoms with Gasteiger partial charge in [0.05, 0.1) is 56.0 Å². The molecule has 0 N–H and O–H groups in total. The summed E-state index contributed by atoms with van der Waals surface area (Å²) in [6.45, 7) is 4.09. The minimum Gasteiger partial charge on any atom is -0.493 e. The number of hydrogen-bond donors (Lipinski definition) is 0. The first kappa shape index (κ1) is 41.4. The van der Waals surface area contributed by atoms with Gasteiger partial charge in [-0.2, -0.15) is 10.5 Å². The summed E-state index contributed by atoms with van der Waals surface area (Å²) in [6.07, 6.45) is 0. The van der Waals surface area contributed by atoms with Crippen LogP contribution in [-0.4, -0.2) is 38.4 Å². The highest BCUT2D eigenvalue weighted by Gasteiger charge is 2.20. The highest BCUT2D eigenvalue weighted by Crippen LogP contribution is 2.41. The summed E-state index contributed by atoms with van der Waals surface area (Å²) < 4.78 is 22.2. The molecule has 0 bridgehead atoms. The van der Waals surface area contributed by atoms with Gasteiger partial charge in [0, 0.05) is 33.8 Å². The molecule has 10 heteroatoms. The van der Waals surface area contributed by atoms with Gasteiger partial charge in [-0.05, 0) is 72.5 Å². The predicted molar refractivity (Wildman–Crippen MR) is 241 cm³/mol. The molecule has 0 atom stereocenters. The fourth-order valence-corrected chi connectivity index (χ4v) is 8.56. The zero-order valence-corrected chi connectivity index (χ0v) is 35.8. The Kier molecular flexibility index (Phi) is 13.1. The van der Waals surface area contributed by atoms with Crippen molar-refractivity contribution in [3.8, 4) is 79.9 Å². The van der Waals surface area contributed by atoms with Gasteiger partial charge in [0.1, 0.15) is 17.2 Å². The molecule has 2 heterocycles. The third-order valence-electron chi connectivity index (χ3n) is 10.1. The molecule has 0 amide bonds. The van der Waals surface area contributed by atoms with Crippen LogP contribution in [0, 0.1) is 36.5 Å². The zero-order valence-electron chi connectivity index (χ0n) is 34.2. The van der Waals surface area contributed by atoms with Crippen LogP contribution in [0.2, 0.25) is 0 Å². The van der Waals surface area contributed by atoms with Crippen LogP contribution in [0.1, 0.15) is 33.4 Å². The molecule has 2 aromatic heterocycles. The highest BCUT2D eigenvalue weighted by atomic mass is 32.2. The number of ether oxygens (including phenoxy) is 4. The van der Waals surface area contributed by atoms with Crippen LogP contribution in [0.4, 0.5) is 0 Å². The van der Waals surface area contributed by atoms with Gasteiger partial charge >= 0.3 is 0 Å². The summed E-state index contributed by atoms with van der Waals surface area (Å²) >= 11 is 3.15. The average Bonchev–Trinajstić information content (AvgIpc) is 3.29. The first-order valence-corrected chi connectivity index (χ1v) is 21.0. The first-order chi connectivity index (χ1) is 29.2. The Balaban J connectivity index is 1.15. The molecule has 298 valence electrons. The average molecular weight is 827 g/mol. The minimum atomic E-state index is 0.492. The number of nitrogens with zero attached hydrogens (tertiary/aromatic N) is 4. The molecule has 0 saturated heterocycles. The maximum Gasteiger partial charge on any atom is 0.161 e. The SMILES string of the molecule is COc1ccc(-c2cc(-c3ccc(C)cc3)nc(SCc3ccc(CSc4cc(-c5ccc(OC)c(OC)c5)c(C#N)c(-c5ccc(C)cc5)n4)cc3)c2C#N)cc1OC. The largest absolute Gasteiger partial charge is 0.493 e. The molecule has 0 aliphatic rings. The minimum absolute atomic E-state index is 0.492. The van der Waals surface area contributed by atoms with Crippen LogP contribution in [0.25, 0.3) is 44.8 Å². The number of rotatable bonds is 14. The molecule has 60 heavy (non-hydrogen) atoms. The molecule has 8 nitrogen and oxygen atoms in total. The van der Waals surface area contributed by atoms with E-state index in [1.807, 2.05) is 79.7 Å². The van der Waals surface area contributed by atoms with Gasteiger partial charge in [-0.25, -0.2) is 9.97 Å². The summed E-state index contributed by atoms with van der Waals surface area (Å²) in [5, 5.41) is 22.4. The monoisotopic (exact) mass is 826 g/mol. The Labute approximate surface area is 359 Å². The number of hydrogen-bond acceptors (Lipinski definition) is 10. The quantitative estimate of drug-likeness (QED) is 0.0983. The number of methoxy groups -OCH3 is 4. The molecule has 0 spiro atoms. The molecule has 0 unspecified atom stereocenters. The summed E-state index contributed by atoms with van der Waals surface area (Å²) in [4.78, 5) is 10.1. The number of benzene rings is 5. The molecular formula is C50H42N4O4S2. The van der Waals surface area contributed by atoms with Crippen LogP contribution in [0.15, 0.2) is 131 Å². The van der Waals surface area contributed by atoms with Crippen molar-refractivity contribution in [1.82, 2.24) is 9.97 Å². The van der Waals surface area contributed by atoms with Crippen molar-refractivity contribution in [2.75, 3.05) is 28.4 Å². The van der Waals surface area contributed by atoms with Crippen LogP contribution < -0.4 is 18.9 Å². The van der Waals surface area contributed by atoms with Crippen molar-refractivity contribution in [1.29, 1.82) is 10.5 Å². The van der Waals surface area contributed by atoms with E-state index in [0.717, 1.165) is 66.4 Å². The van der Waals surface area contributed by atoms with E-state index in [1.165, 1.54) is 11.8 Å². The predicted octanol–water partition coefficient (Wildman–Crippen LogP) is 12.1. The van der Waals surface area contributed by atoms with Crippen LogP contribution >= 0.6 is 23.5 Å². The second-order valence-electron chi connectivity index (χ2n) is 14.0. The van der Waals surface area contributed by atoms with Gasteiger partial charge in [0.2, 0.25) is 0 Å². The fourth-order valence-electron chi connectivity index (χ4n) is 6.74. The van der Waals surface area contributed by atoms with Crippen molar-refractivity contribution in [3.05, 3.63) is 155 Å². The van der Waals surface area contributed by atoms with Gasteiger partial charge in [-0.15, -0.1) is 23.5 Å². The van der Waals surface area contributed by atoms with E-state index in [4.69, 9.17) is 28.9 Å². The lowest BCUT2D eigenvalue weighted by Gasteiger charge is -2.15. The van der Waals surface area contributed by atoms with Gasteiger partial charge in [0.25, 0.3) is 0 Å². The van der Waals surface area contributed by atoms with Crippen molar-refractivity contribution >= 4 is 23.5 Å². The Morgan fingerprint density at radius 3 is 1.45 bits per heavy atom. The first-order valence-electron chi connectivity index (χ1n) is 19.1. The van der Waals surface area contributed by atoms with Crippen molar-refractivity contribution in [2.45, 2.75) is 35.4 Å². The summed E-state index contributed by atoms with van der Waals surface area (Å²) in [5.74, 6) is 3.67. The van der Waals surface area contributed by atoms with Crippen molar-refractivity contribution in [2.24, 2.45) is 0 Å². The van der Waals surface area contributed by atoms with E-state index in [0.29, 0.717) is 56.4 Å². The van der Waals surface area contributed by atoms with Crippen molar-refractivity contribution in [3.63, 3.8) is 0 Å². The highest BCUT2D eigenvalue weighted by molar-refractivity contribution is 7.98. The van der Waals surface area contributed by atoms with E-state index < -0.39 is 0 Å². The number of nitriles is 2. The molecule has 0 aliphatic heterocycles. The van der Waals surface area contributed by atoms with E-state index in [-0.39, 0.29) is 0 Å².